The Morgan fingerprint density at radius 1 is 0.800 bits per heavy atom. The van der Waals surface area contributed by atoms with Gasteiger partial charge in [-0.2, -0.15) is 0 Å². The number of aryl methyl sites for hydroxylation is 2. The van der Waals surface area contributed by atoms with Gasteiger partial charge in [0.15, 0.2) is 0 Å². The second kappa shape index (κ2) is 8.75. The van der Waals surface area contributed by atoms with Crippen molar-refractivity contribution in [2.75, 3.05) is 0 Å². The highest BCUT2D eigenvalue weighted by Crippen LogP contribution is 2.30. The number of rotatable bonds is 5. The highest BCUT2D eigenvalue weighted by Gasteiger charge is 2.15. The number of carbonyl (C=O) groups is 1. The fourth-order valence-electron chi connectivity index (χ4n) is 3.70. The minimum Gasteiger partial charge on any atom is -0.348 e. The second-order valence-electron chi connectivity index (χ2n) is 7.55. The molecule has 4 rings (SSSR count). The molecule has 0 aliphatic rings. The molecule has 0 radical (unpaired) electrons. The van der Waals surface area contributed by atoms with Crippen LogP contribution in [0.2, 0.25) is 0 Å². The number of nitrogens with zero attached hydrogens (tertiary/aromatic N) is 1. The molecule has 3 nitrogen and oxygen atoms in total. The fourth-order valence-corrected chi connectivity index (χ4v) is 3.70. The van der Waals surface area contributed by atoms with E-state index in [1.807, 2.05) is 54.6 Å². The first-order valence-corrected chi connectivity index (χ1v) is 10.1. The molecule has 0 bridgehead atoms. The van der Waals surface area contributed by atoms with Crippen LogP contribution < -0.4 is 5.32 Å². The molecule has 0 aliphatic carbocycles. The van der Waals surface area contributed by atoms with Crippen molar-refractivity contribution in [1.82, 2.24) is 10.3 Å². The molecule has 0 aliphatic heterocycles. The first kappa shape index (κ1) is 19.6. The standard InChI is InChI=1S/C27H24N2O/c1-19-13-20(2)15-24(14-19)22-10-11-25(23-9-6-12-28-18-23)26(16-22)27(30)29-17-21-7-4-3-5-8-21/h3-16,18H,17H2,1-2H3,(H,29,30). The Kier molecular flexibility index (Phi) is 5.71. The summed E-state index contributed by atoms with van der Waals surface area (Å²) in [6.45, 7) is 4.67. The average Bonchev–Trinajstić information content (AvgIpc) is 2.78. The number of nitrogens with one attached hydrogen (secondary N) is 1. The molecule has 0 atom stereocenters. The lowest BCUT2D eigenvalue weighted by atomic mass is 9.94. The topological polar surface area (TPSA) is 42.0 Å². The van der Waals surface area contributed by atoms with Gasteiger partial charge >= 0.3 is 0 Å². The van der Waals surface area contributed by atoms with Crippen molar-refractivity contribution < 1.29 is 4.79 Å². The summed E-state index contributed by atoms with van der Waals surface area (Å²) in [6, 6.07) is 26.3. The number of amides is 1. The van der Waals surface area contributed by atoms with Crippen LogP contribution in [0.4, 0.5) is 0 Å². The molecule has 0 spiro atoms. The number of pyridine rings is 1. The van der Waals surface area contributed by atoms with Crippen LogP contribution in [-0.2, 0) is 6.54 Å². The summed E-state index contributed by atoms with van der Waals surface area (Å²) in [5, 5.41) is 3.07. The van der Waals surface area contributed by atoms with Crippen LogP contribution in [0.1, 0.15) is 27.0 Å². The smallest absolute Gasteiger partial charge is 0.252 e. The van der Waals surface area contributed by atoms with Gasteiger partial charge in [-0.3, -0.25) is 9.78 Å². The summed E-state index contributed by atoms with van der Waals surface area (Å²) >= 11 is 0. The summed E-state index contributed by atoms with van der Waals surface area (Å²) in [7, 11) is 0. The van der Waals surface area contributed by atoms with Crippen molar-refractivity contribution in [2.24, 2.45) is 0 Å². The molecule has 0 unspecified atom stereocenters. The van der Waals surface area contributed by atoms with E-state index in [0.29, 0.717) is 12.1 Å². The van der Waals surface area contributed by atoms with Gasteiger partial charge < -0.3 is 5.32 Å². The van der Waals surface area contributed by atoms with E-state index < -0.39 is 0 Å². The van der Waals surface area contributed by atoms with Crippen molar-refractivity contribution >= 4 is 5.91 Å². The Morgan fingerprint density at radius 2 is 1.57 bits per heavy atom. The van der Waals surface area contributed by atoms with E-state index in [2.05, 4.69) is 48.4 Å². The molecule has 1 N–H and O–H groups in total. The largest absolute Gasteiger partial charge is 0.348 e. The third-order valence-electron chi connectivity index (χ3n) is 5.09. The Morgan fingerprint density at radius 3 is 2.27 bits per heavy atom. The van der Waals surface area contributed by atoms with E-state index in [9.17, 15) is 4.79 Å². The maximum atomic E-state index is 13.2. The van der Waals surface area contributed by atoms with Crippen LogP contribution in [0.15, 0.2) is 91.3 Å². The predicted octanol–water partition coefficient (Wildman–Crippen LogP) is 5.96. The van der Waals surface area contributed by atoms with Gasteiger partial charge in [0.05, 0.1) is 0 Å². The van der Waals surface area contributed by atoms with Gasteiger partial charge in [0.25, 0.3) is 5.91 Å². The van der Waals surface area contributed by atoms with Gasteiger partial charge in [-0.25, -0.2) is 0 Å². The molecule has 1 amide bonds. The van der Waals surface area contributed by atoms with E-state index >= 15 is 0 Å². The normalized spacial score (nSPS) is 10.6. The number of carbonyl (C=O) groups excluding carboxylic acids is 1. The van der Waals surface area contributed by atoms with E-state index in [0.717, 1.165) is 27.8 Å². The Balaban J connectivity index is 1.73. The average molecular weight is 393 g/mol. The first-order valence-electron chi connectivity index (χ1n) is 10.1. The lowest BCUT2D eigenvalue weighted by Gasteiger charge is -2.13. The zero-order valence-corrected chi connectivity index (χ0v) is 17.2. The lowest BCUT2D eigenvalue weighted by Crippen LogP contribution is -2.23. The fraction of sp³-hybridized carbons (Fsp3) is 0.111. The van der Waals surface area contributed by atoms with Crippen LogP contribution in [0.5, 0.6) is 0 Å². The number of aromatic nitrogens is 1. The van der Waals surface area contributed by atoms with Gasteiger partial charge in [0.1, 0.15) is 0 Å². The van der Waals surface area contributed by atoms with Crippen molar-refractivity contribution in [3.8, 4) is 22.3 Å². The molecule has 0 saturated heterocycles. The van der Waals surface area contributed by atoms with Crippen LogP contribution >= 0.6 is 0 Å². The minimum absolute atomic E-state index is 0.0936. The van der Waals surface area contributed by atoms with Crippen LogP contribution in [0, 0.1) is 13.8 Å². The van der Waals surface area contributed by atoms with Gasteiger partial charge in [-0.1, -0.05) is 77.9 Å². The highest BCUT2D eigenvalue weighted by molar-refractivity contribution is 6.02. The Bertz CT molecular complexity index is 1150. The van der Waals surface area contributed by atoms with E-state index in [1.165, 1.54) is 11.1 Å². The van der Waals surface area contributed by atoms with Crippen molar-refractivity contribution in [2.45, 2.75) is 20.4 Å². The first-order chi connectivity index (χ1) is 14.6. The number of hydrogen-bond acceptors (Lipinski definition) is 2. The molecular formula is C27H24N2O. The molecule has 4 aromatic rings. The predicted molar refractivity (Wildman–Crippen MR) is 122 cm³/mol. The summed E-state index contributed by atoms with van der Waals surface area (Å²) in [5.74, 6) is -0.0936. The van der Waals surface area contributed by atoms with Gasteiger partial charge in [0, 0.05) is 30.1 Å². The summed E-state index contributed by atoms with van der Waals surface area (Å²) in [4.78, 5) is 17.4. The summed E-state index contributed by atoms with van der Waals surface area (Å²) < 4.78 is 0. The monoisotopic (exact) mass is 392 g/mol. The third kappa shape index (κ3) is 4.47. The van der Waals surface area contributed by atoms with E-state index in [-0.39, 0.29) is 5.91 Å². The quantitative estimate of drug-likeness (QED) is 0.455. The maximum absolute atomic E-state index is 13.2. The SMILES string of the molecule is Cc1cc(C)cc(-c2ccc(-c3cccnc3)c(C(=O)NCc3ccccc3)c2)c1. The lowest BCUT2D eigenvalue weighted by molar-refractivity contribution is 0.0951. The van der Waals surface area contributed by atoms with Crippen molar-refractivity contribution in [3.63, 3.8) is 0 Å². The molecule has 3 heteroatoms. The van der Waals surface area contributed by atoms with Crippen LogP contribution in [-0.4, -0.2) is 10.9 Å². The molecule has 148 valence electrons. The maximum Gasteiger partial charge on any atom is 0.252 e. The summed E-state index contributed by atoms with van der Waals surface area (Å²) in [6.07, 6.45) is 3.53. The van der Waals surface area contributed by atoms with Crippen molar-refractivity contribution in [3.05, 3.63) is 114 Å². The van der Waals surface area contributed by atoms with E-state index in [4.69, 9.17) is 0 Å². The molecule has 1 heterocycles. The molecule has 30 heavy (non-hydrogen) atoms. The molecule has 0 fully saturated rings. The zero-order valence-electron chi connectivity index (χ0n) is 17.2. The molecule has 3 aromatic carbocycles. The molecular weight excluding hydrogens is 368 g/mol. The van der Waals surface area contributed by atoms with Gasteiger partial charge in [0.2, 0.25) is 0 Å². The summed E-state index contributed by atoms with van der Waals surface area (Å²) in [5.41, 5.74) is 8.07. The van der Waals surface area contributed by atoms with Crippen LogP contribution in [0.3, 0.4) is 0 Å². The minimum atomic E-state index is -0.0936. The van der Waals surface area contributed by atoms with Crippen LogP contribution in [0.25, 0.3) is 22.3 Å². The molecule has 0 saturated carbocycles. The zero-order chi connectivity index (χ0) is 20.9. The highest BCUT2D eigenvalue weighted by atomic mass is 16.1. The van der Waals surface area contributed by atoms with Crippen molar-refractivity contribution in [1.29, 1.82) is 0 Å². The second-order valence-corrected chi connectivity index (χ2v) is 7.55. The Labute approximate surface area is 177 Å². The Hall–Kier alpha value is -3.72. The number of benzene rings is 3. The molecule has 1 aromatic heterocycles. The van der Waals surface area contributed by atoms with Gasteiger partial charge in [-0.05, 0) is 48.2 Å². The van der Waals surface area contributed by atoms with E-state index in [1.54, 1.807) is 12.4 Å². The van der Waals surface area contributed by atoms with Gasteiger partial charge in [-0.15, -0.1) is 0 Å². The third-order valence-corrected chi connectivity index (χ3v) is 5.09. The number of hydrogen-bond donors (Lipinski definition) is 1.